The van der Waals surface area contributed by atoms with E-state index in [1.165, 1.54) is 7.11 Å². The molecule has 2 aliphatic rings. The lowest BCUT2D eigenvalue weighted by Crippen LogP contribution is -2.43. The smallest absolute Gasteiger partial charge is 0.336 e. The number of carbonyl (C=O) groups excluding carboxylic acids is 3. The van der Waals surface area contributed by atoms with E-state index in [1.54, 1.807) is 36.9 Å². The Labute approximate surface area is 208 Å². The Morgan fingerprint density at radius 3 is 2.67 bits per heavy atom. The predicted molar refractivity (Wildman–Crippen MR) is 130 cm³/mol. The molecule has 1 aromatic carbocycles. The number of thioether (sulfide) groups is 1. The number of hydrogen-bond acceptors (Lipinski definition) is 7. The zero-order chi connectivity index (χ0) is 24.3. The van der Waals surface area contributed by atoms with Crippen molar-refractivity contribution >= 4 is 52.7 Å². The maximum Gasteiger partial charge on any atom is 0.336 e. The van der Waals surface area contributed by atoms with Crippen molar-refractivity contribution in [2.75, 3.05) is 25.2 Å². The third-order valence-electron chi connectivity index (χ3n) is 5.92. The molecule has 0 amide bonds. The molecule has 178 valence electrons. The molecular weight excluding hydrogens is 485 g/mol. The van der Waals surface area contributed by atoms with Crippen molar-refractivity contribution in [3.8, 4) is 0 Å². The molecule has 1 aliphatic heterocycles. The minimum absolute atomic E-state index is 0.242. The standard InChI is InChI=1S/C24H27Cl2NO5S/c1-5-33-10-9-32-24(30)18-13(3)27-16-11-12(2)17(23(29)31-4)22(28)20(16)19(18)14-7-6-8-15(25)21(14)26/h6-8,12,17,19,27H,5,9-11H2,1-4H3/t12-,17+,19+/m0/s1. The van der Waals surface area contributed by atoms with E-state index in [0.29, 0.717) is 39.7 Å². The van der Waals surface area contributed by atoms with Gasteiger partial charge in [0.2, 0.25) is 0 Å². The first-order chi connectivity index (χ1) is 15.7. The number of nitrogens with one attached hydrogen (secondary N) is 1. The molecule has 1 aromatic rings. The van der Waals surface area contributed by atoms with Crippen molar-refractivity contribution < 1.29 is 23.9 Å². The lowest BCUT2D eigenvalue weighted by Gasteiger charge is -2.38. The van der Waals surface area contributed by atoms with Crippen molar-refractivity contribution in [1.82, 2.24) is 5.32 Å². The summed E-state index contributed by atoms with van der Waals surface area (Å²) in [6.45, 7) is 5.88. The molecule has 0 radical (unpaired) electrons. The van der Waals surface area contributed by atoms with E-state index in [-0.39, 0.29) is 28.9 Å². The number of Topliss-reactive ketones (excluding diaryl/α,β-unsaturated/α-hetero) is 1. The molecule has 3 atom stereocenters. The Morgan fingerprint density at radius 1 is 1.27 bits per heavy atom. The van der Waals surface area contributed by atoms with Gasteiger partial charge in [-0.2, -0.15) is 11.8 Å². The molecule has 6 nitrogen and oxygen atoms in total. The Morgan fingerprint density at radius 2 is 2.00 bits per heavy atom. The largest absolute Gasteiger partial charge is 0.468 e. The van der Waals surface area contributed by atoms with Crippen LogP contribution in [0.25, 0.3) is 0 Å². The first-order valence-corrected chi connectivity index (χ1v) is 12.7. The highest BCUT2D eigenvalue weighted by Gasteiger charge is 2.47. The molecule has 33 heavy (non-hydrogen) atoms. The molecule has 9 heteroatoms. The Bertz CT molecular complexity index is 1040. The highest BCUT2D eigenvalue weighted by molar-refractivity contribution is 7.99. The number of esters is 2. The fraction of sp³-hybridized carbons (Fsp3) is 0.458. The van der Waals surface area contributed by atoms with Gasteiger partial charge >= 0.3 is 11.9 Å². The van der Waals surface area contributed by atoms with Crippen molar-refractivity contribution in [2.45, 2.75) is 33.1 Å². The van der Waals surface area contributed by atoms with Crippen molar-refractivity contribution in [1.29, 1.82) is 0 Å². The van der Waals surface area contributed by atoms with E-state index < -0.39 is 23.8 Å². The average Bonchev–Trinajstić information content (AvgIpc) is 2.77. The molecule has 0 aromatic heterocycles. The number of ketones is 1. The van der Waals surface area contributed by atoms with Crippen LogP contribution in [0.2, 0.25) is 10.0 Å². The highest BCUT2D eigenvalue weighted by atomic mass is 35.5. The molecule has 0 fully saturated rings. The Kier molecular flexibility index (Phi) is 8.54. The lowest BCUT2D eigenvalue weighted by molar-refractivity contribution is -0.151. The number of rotatable bonds is 7. The second-order valence-corrected chi connectivity index (χ2v) is 10.2. The van der Waals surface area contributed by atoms with Gasteiger partial charge in [0.1, 0.15) is 12.5 Å². The predicted octanol–water partition coefficient (Wildman–Crippen LogP) is 4.90. The summed E-state index contributed by atoms with van der Waals surface area (Å²) in [6.07, 6.45) is 0.447. The average molecular weight is 512 g/mol. The van der Waals surface area contributed by atoms with E-state index in [1.807, 2.05) is 13.8 Å². The van der Waals surface area contributed by atoms with Crippen LogP contribution in [0.3, 0.4) is 0 Å². The summed E-state index contributed by atoms with van der Waals surface area (Å²) in [5, 5.41) is 3.78. The topological polar surface area (TPSA) is 81.7 Å². The number of methoxy groups -OCH3 is 1. The summed E-state index contributed by atoms with van der Waals surface area (Å²) in [5.41, 5.74) is 2.38. The number of dihydropyridines is 1. The van der Waals surface area contributed by atoms with E-state index in [0.717, 1.165) is 5.75 Å². The summed E-state index contributed by atoms with van der Waals surface area (Å²) in [5.74, 6) is -1.98. The van der Waals surface area contributed by atoms with Gasteiger partial charge in [-0.05, 0) is 36.6 Å². The first kappa shape index (κ1) is 25.7. The SMILES string of the molecule is CCSCCOC(=O)C1=C(C)NC2=C(C(=O)[C@H](C(=O)OC)[C@@H](C)C2)[C@@H]1c1cccc(Cl)c1Cl. The summed E-state index contributed by atoms with van der Waals surface area (Å²) in [6, 6.07) is 5.10. The van der Waals surface area contributed by atoms with Crippen LogP contribution in [-0.4, -0.2) is 42.9 Å². The molecule has 3 rings (SSSR count). The minimum atomic E-state index is -0.965. The third kappa shape index (κ3) is 5.10. The zero-order valence-corrected chi connectivity index (χ0v) is 21.3. The minimum Gasteiger partial charge on any atom is -0.468 e. The van der Waals surface area contributed by atoms with Gasteiger partial charge in [-0.15, -0.1) is 0 Å². The van der Waals surface area contributed by atoms with Gasteiger partial charge in [0.25, 0.3) is 0 Å². The number of halogens is 2. The lowest BCUT2D eigenvalue weighted by atomic mass is 9.69. The third-order valence-corrected chi connectivity index (χ3v) is 7.62. The van der Waals surface area contributed by atoms with Crippen molar-refractivity contribution in [3.63, 3.8) is 0 Å². The van der Waals surface area contributed by atoms with Crippen LogP contribution in [0.5, 0.6) is 0 Å². The first-order valence-electron chi connectivity index (χ1n) is 10.7. The summed E-state index contributed by atoms with van der Waals surface area (Å²) < 4.78 is 10.5. The highest BCUT2D eigenvalue weighted by Crippen LogP contribution is 2.47. The van der Waals surface area contributed by atoms with Crippen LogP contribution in [0.15, 0.2) is 40.7 Å². The van der Waals surface area contributed by atoms with Gasteiger partial charge in [0.15, 0.2) is 5.78 Å². The van der Waals surface area contributed by atoms with E-state index in [2.05, 4.69) is 5.32 Å². The molecule has 0 bridgehead atoms. The van der Waals surface area contributed by atoms with Gasteiger partial charge in [-0.1, -0.05) is 49.2 Å². The number of allylic oxidation sites excluding steroid dienone is 3. The second-order valence-electron chi connectivity index (χ2n) is 8.01. The number of ether oxygens (including phenoxy) is 2. The normalized spacial score (nSPS) is 22.6. The molecule has 0 saturated carbocycles. The Balaban J connectivity index is 2.13. The molecule has 1 heterocycles. The van der Waals surface area contributed by atoms with Gasteiger partial charge in [0.05, 0.1) is 22.7 Å². The monoisotopic (exact) mass is 511 g/mol. The van der Waals surface area contributed by atoms with Gasteiger partial charge in [-0.25, -0.2) is 4.79 Å². The van der Waals surface area contributed by atoms with Gasteiger partial charge in [0, 0.05) is 28.6 Å². The van der Waals surface area contributed by atoms with Crippen LogP contribution in [0.4, 0.5) is 0 Å². The number of benzene rings is 1. The zero-order valence-electron chi connectivity index (χ0n) is 19.0. The number of hydrogen-bond donors (Lipinski definition) is 1. The van der Waals surface area contributed by atoms with Crippen LogP contribution in [-0.2, 0) is 23.9 Å². The van der Waals surface area contributed by atoms with E-state index in [9.17, 15) is 14.4 Å². The second kappa shape index (κ2) is 11.0. The molecule has 1 N–H and O–H groups in total. The molecule has 0 unspecified atom stereocenters. The van der Waals surface area contributed by atoms with Crippen LogP contribution < -0.4 is 5.32 Å². The van der Waals surface area contributed by atoms with Crippen molar-refractivity contribution in [3.05, 3.63) is 56.3 Å². The Hall–Kier alpha value is -1.96. The van der Waals surface area contributed by atoms with Crippen molar-refractivity contribution in [2.24, 2.45) is 11.8 Å². The molecular formula is C24H27Cl2NO5S. The summed E-state index contributed by atoms with van der Waals surface area (Å²) in [7, 11) is 1.26. The fourth-order valence-electron chi connectivity index (χ4n) is 4.42. The quantitative estimate of drug-likeness (QED) is 0.316. The summed E-state index contributed by atoms with van der Waals surface area (Å²) in [4.78, 5) is 39.4. The van der Waals surface area contributed by atoms with Crippen LogP contribution in [0, 0.1) is 11.8 Å². The van der Waals surface area contributed by atoms with Gasteiger partial charge in [-0.3, -0.25) is 9.59 Å². The van der Waals surface area contributed by atoms with Crippen LogP contribution in [0.1, 0.15) is 38.7 Å². The van der Waals surface area contributed by atoms with E-state index in [4.69, 9.17) is 32.7 Å². The maximum atomic E-state index is 13.7. The van der Waals surface area contributed by atoms with Crippen LogP contribution >= 0.6 is 35.0 Å². The number of carbonyl (C=O) groups is 3. The molecule has 0 saturated heterocycles. The fourth-order valence-corrected chi connectivity index (χ4v) is 5.33. The maximum absolute atomic E-state index is 13.7. The molecule has 0 spiro atoms. The van der Waals surface area contributed by atoms with Gasteiger partial charge < -0.3 is 14.8 Å². The summed E-state index contributed by atoms with van der Waals surface area (Å²) >= 11 is 14.5. The van der Waals surface area contributed by atoms with E-state index >= 15 is 0 Å². The molecule has 1 aliphatic carbocycles.